The second-order valence-corrected chi connectivity index (χ2v) is 5.76. The Hall–Kier alpha value is -1.68. The topological polar surface area (TPSA) is 30.5 Å². The van der Waals surface area contributed by atoms with E-state index in [-0.39, 0.29) is 6.10 Å². The highest BCUT2D eigenvalue weighted by atomic mass is 16.5. The van der Waals surface area contributed by atoms with Crippen molar-refractivity contribution in [2.75, 3.05) is 13.2 Å². The molecule has 0 radical (unpaired) electrons. The predicted molar refractivity (Wildman–Crippen MR) is 87.5 cm³/mol. The van der Waals surface area contributed by atoms with Gasteiger partial charge in [0.25, 0.3) is 0 Å². The molecule has 2 atom stereocenters. The van der Waals surface area contributed by atoms with E-state index in [2.05, 4.69) is 29.6 Å². The lowest BCUT2D eigenvalue weighted by Crippen LogP contribution is -2.26. The Bertz CT molecular complexity index is 544. The number of hydrogen-bond acceptors (Lipinski definition) is 3. The second kappa shape index (κ2) is 8.08. The van der Waals surface area contributed by atoms with E-state index in [9.17, 15) is 0 Å². The van der Waals surface area contributed by atoms with Gasteiger partial charge in [-0.1, -0.05) is 60.7 Å². The predicted octanol–water partition coefficient (Wildman–Crippen LogP) is 3.15. The summed E-state index contributed by atoms with van der Waals surface area (Å²) in [5.74, 6) is 0. The lowest BCUT2D eigenvalue weighted by molar-refractivity contribution is 0.0472. The van der Waals surface area contributed by atoms with Crippen LogP contribution in [0.1, 0.15) is 17.5 Å². The van der Waals surface area contributed by atoms with Gasteiger partial charge in [0.15, 0.2) is 0 Å². The molecule has 0 bridgehead atoms. The maximum absolute atomic E-state index is 5.97. The van der Waals surface area contributed by atoms with Gasteiger partial charge in [0, 0.05) is 12.6 Å². The van der Waals surface area contributed by atoms with Gasteiger partial charge in [0.1, 0.15) is 0 Å². The van der Waals surface area contributed by atoms with Crippen molar-refractivity contribution in [3.8, 4) is 0 Å². The molecule has 1 heterocycles. The third-order valence-corrected chi connectivity index (χ3v) is 3.94. The third kappa shape index (κ3) is 4.67. The van der Waals surface area contributed by atoms with Crippen LogP contribution in [0.3, 0.4) is 0 Å². The summed E-state index contributed by atoms with van der Waals surface area (Å²) in [6, 6.07) is 21.0. The first-order valence-corrected chi connectivity index (χ1v) is 7.91. The van der Waals surface area contributed by atoms with Gasteiger partial charge in [0.05, 0.1) is 25.9 Å². The summed E-state index contributed by atoms with van der Waals surface area (Å²) in [6.07, 6.45) is 1.30. The van der Waals surface area contributed by atoms with Crippen LogP contribution in [0, 0.1) is 0 Å². The maximum Gasteiger partial charge on any atom is 0.0721 e. The smallest absolute Gasteiger partial charge is 0.0721 e. The molecule has 2 aromatic rings. The molecule has 0 aliphatic carbocycles. The second-order valence-electron chi connectivity index (χ2n) is 5.76. The van der Waals surface area contributed by atoms with Gasteiger partial charge in [-0.15, -0.1) is 0 Å². The molecule has 1 N–H and O–H groups in total. The van der Waals surface area contributed by atoms with Crippen LogP contribution in [0.4, 0.5) is 0 Å². The van der Waals surface area contributed by atoms with Crippen molar-refractivity contribution in [3.63, 3.8) is 0 Å². The van der Waals surface area contributed by atoms with Crippen molar-refractivity contribution in [1.29, 1.82) is 0 Å². The average molecular weight is 297 g/mol. The van der Waals surface area contributed by atoms with Crippen LogP contribution < -0.4 is 5.32 Å². The molecule has 116 valence electrons. The van der Waals surface area contributed by atoms with Crippen molar-refractivity contribution in [1.82, 2.24) is 5.32 Å². The minimum absolute atomic E-state index is 0.283. The zero-order valence-corrected chi connectivity index (χ0v) is 12.8. The van der Waals surface area contributed by atoms with E-state index in [1.165, 1.54) is 11.1 Å². The molecule has 2 unspecified atom stereocenters. The molecule has 0 spiro atoms. The Morgan fingerprint density at radius 2 is 1.50 bits per heavy atom. The SMILES string of the molecule is c1ccc(COCC2CC(OCc3ccccc3)CN2)cc1. The first-order chi connectivity index (χ1) is 10.9. The van der Waals surface area contributed by atoms with Crippen LogP contribution in [-0.4, -0.2) is 25.3 Å². The van der Waals surface area contributed by atoms with Gasteiger partial charge in [-0.3, -0.25) is 0 Å². The molecule has 3 nitrogen and oxygen atoms in total. The van der Waals surface area contributed by atoms with Gasteiger partial charge in [-0.2, -0.15) is 0 Å². The van der Waals surface area contributed by atoms with E-state index in [0.29, 0.717) is 19.3 Å². The minimum Gasteiger partial charge on any atom is -0.375 e. The largest absolute Gasteiger partial charge is 0.375 e. The molecule has 2 aromatic carbocycles. The first kappa shape index (κ1) is 15.2. The van der Waals surface area contributed by atoms with Crippen molar-refractivity contribution in [2.24, 2.45) is 0 Å². The molecule has 1 saturated heterocycles. The van der Waals surface area contributed by atoms with E-state index in [1.807, 2.05) is 36.4 Å². The summed E-state index contributed by atoms with van der Waals surface area (Å²) in [7, 11) is 0. The van der Waals surface area contributed by atoms with Gasteiger partial charge >= 0.3 is 0 Å². The van der Waals surface area contributed by atoms with E-state index in [1.54, 1.807) is 0 Å². The monoisotopic (exact) mass is 297 g/mol. The van der Waals surface area contributed by atoms with Gasteiger partial charge in [-0.05, 0) is 17.5 Å². The zero-order chi connectivity index (χ0) is 15.0. The number of hydrogen-bond donors (Lipinski definition) is 1. The Kier molecular flexibility index (Phi) is 5.59. The Morgan fingerprint density at radius 3 is 2.18 bits per heavy atom. The van der Waals surface area contributed by atoms with E-state index < -0.39 is 0 Å². The van der Waals surface area contributed by atoms with Crippen molar-refractivity contribution in [3.05, 3.63) is 71.8 Å². The average Bonchev–Trinajstić information content (AvgIpc) is 3.03. The Morgan fingerprint density at radius 1 is 0.864 bits per heavy atom. The molecule has 3 heteroatoms. The molecule has 1 fully saturated rings. The number of nitrogens with one attached hydrogen (secondary N) is 1. The van der Waals surface area contributed by atoms with Gasteiger partial charge in [-0.25, -0.2) is 0 Å². The summed E-state index contributed by atoms with van der Waals surface area (Å²) in [4.78, 5) is 0. The van der Waals surface area contributed by atoms with Crippen molar-refractivity contribution in [2.45, 2.75) is 31.8 Å². The van der Waals surface area contributed by atoms with E-state index in [4.69, 9.17) is 9.47 Å². The lowest BCUT2D eigenvalue weighted by Gasteiger charge is -2.12. The van der Waals surface area contributed by atoms with E-state index in [0.717, 1.165) is 19.6 Å². The number of ether oxygens (including phenoxy) is 2. The standard InChI is InChI=1S/C19H23NO2/c1-3-7-16(8-4-1)13-21-15-18-11-19(12-20-18)22-14-17-9-5-2-6-10-17/h1-10,18-20H,11-15H2. The molecule has 0 aromatic heterocycles. The van der Waals surface area contributed by atoms with Crippen LogP contribution in [0.15, 0.2) is 60.7 Å². The summed E-state index contributed by atoms with van der Waals surface area (Å²) in [5.41, 5.74) is 2.45. The zero-order valence-electron chi connectivity index (χ0n) is 12.8. The molecule has 0 saturated carbocycles. The van der Waals surface area contributed by atoms with Crippen LogP contribution >= 0.6 is 0 Å². The van der Waals surface area contributed by atoms with Crippen molar-refractivity contribution >= 4 is 0 Å². The summed E-state index contributed by atoms with van der Waals surface area (Å²) in [6.45, 7) is 3.01. The number of rotatable bonds is 7. The fourth-order valence-electron chi connectivity index (χ4n) is 2.72. The molecule has 22 heavy (non-hydrogen) atoms. The molecule has 1 aliphatic rings. The normalized spacial score (nSPS) is 21.1. The van der Waals surface area contributed by atoms with Crippen LogP contribution in [0.25, 0.3) is 0 Å². The molecule has 3 rings (SSSR count). The highest BCUT2D eigenvalue weighted by Crippen LogP contribution is 2.14. The fourth-order valence-corrected chi connectivity index (χ4v) is 2.72. The number of benzene rings is 2. The first-order valence-electron chi connectivity index (χ1n) is 7.91. The quantitative estimate of drug-likeness (QED) is 0.851. The highest BCUT2D eigenvalue weighted by Gasteiger charge is 2.24. The Balaban J connectivity index is 1.34. The van der Waals surface area contributed by atoms with E-state index >= 15 is 0 Å². The summed E-state index contributed by atoms with van der Waals surface area (Å²) >= 11 is 0. The van der Waals surface area contributed by atoms with Crippen LogP contribution in [0.2, 0.25) is 0 Å². The molecular weight excluding hydrogens is 274 g/mol. The highest BCUT2D eigenvalue weighted by molar-refractivity contribution is 5.14. The minimum atomic E-state index is 0.283. The molecule has 0 amide bonds. The third-order valence-electron chi connectivity index (χ3n) is 3.94. The van der Waals surface area contributed by atoms with Crippen LogP contribution in [0.5, 0.6) is 0 Å². The maximum atomic E-state index is 5.97. The fraction of sp³-hybridized carbons (Fsp3) is 0.368. The Labute approximate surface area is 132 Å². The van der Waals surface area contributed by atoms with Gasteiger partial charge < -0.3 is 14.8 Å². The summed E-state index contributed by atoms with van der Waals surface area (Å²) in [5, 5.41) is 3.48. The van der Waals surface area contributed by atoms with Crippen molar-refractivity contribution < 1.29 is 9.47 Å². The molecular formula is C19H23NO2. The van der Waals surface area contributed by atoms with Gasteiger partial charge in [0.2, 0.25) is 0 Å². The summed E-state index contributed by atoms with van der Waals surface area (Å²) < 4.78 is 11.8. The lowest BCUT2D eigenvalue weighted by atomic mass is 10.2. The van der Waals surface area contributed by atoms with Crippen LogP contribution in [-0.2, 0) is 22.7 Å². The molecule has 1 aliphatic heterocycles.